The Bertz CT molecular complexity index is 746. The van der Waals surface area contributed by atoms with Crippen molar-refractivity contribution in [3.8, 4) is 0 Å². The number of hydrogen-bond donors (Lipinski definition) is 2. The maximum absolute atomic E-state index is 13.5. The summed E-state index contributed by atoms with van der Waals surface area (Å²) in [4.78, 5) is 0.373. The molecule has 0 saturated heterocycles. The third-order valence-corrected chi connectivity index (χ3v) is 5.37. The minimum atomic E-state index is -3.99. The van der Waals surface area contributed by atoms with Gasteiger partial charge in [-0.05, 0) is 28.1 Å². The molecule has 9 heteroatoms. The Balaban J connectivity index is 2.35. The van der Waals surface area contributed by atoms with Crippen molar-refractivity contribution in [2.75, 3.05) is 4.72 Å². The van der Waals surface area contributed by atoms with Gasteiger partial charge >= 0.3 is 0 Å². The molecular weight excluding hydrogens is 376 g/mol. The van der Waals surface area contributed by atoms with Crippen molar-refractivity contribution >= 4 is 43.0 Å². The summed E-state index contributed by atoms with van der Waals surface area (Å²) in [5.41, 5.74) is -0.366. The molecule has 0 spiro atoms. The SMILES string of the molecule is O=S(=O)(Nc1cc(Br)c(F)cc1F)c1csc(CO)c1. The second kappa shape index (κ2) is 5.76. The molecule has 1 aromatic carbocycles. The molecule has 108 valence electrons. The number of nitrogens with one attached hydrogen (secondary N) is 1. The first-order valence-electron chi connectivity index (χ1n) is 5.19. The first-order valence-corrected chi connectivity index (χ1v) is 8.34. The fourth-order valence-corrected chi connectivity index (χ4v) is 3.92. The van der Waals surface area contributed by atoms with Gasteiger partial charge in [-0.2, -0.15) is 0 Å². The van der Waals surface area contributed by atoms with Crippen LogP contribution in [0, 0.1) is 11.6 Å². The molecule has 1 heterocycles. The molecule has 0 atom stereocenters. The minimum absolute atomic E-state index is 0.0574. The smallest absolute Gasteiger partial charge is 0.262 e. The van der Waals surface area contributed by atoms with Gasteiger partial charge in [0, 0.05) is 16.3 Å². The number of aliphatic hydroxyl groups excluding tert-OH is 1. The van der Waals surface area contributed by atoms with Crippen LogP contribution in [0.1, 0.15) is 4.88 Å². The molecule has 0 bridgehead atoms. The van der Waals surface area contributed by atoms with E-state index in [-0.39, 0.29) is 21.7 Å². The summed E-state index contributed by atoms with van der Waals surface area (Å²) in [5.74, 6) is -1.85. The highest BCUT2D eigenvalue weighted by Crippen LogP contribution is 2.27. The van der Waals surface area contributed by atoms with Crippen molar-refractivity contribution in [3.05, 3.63) is 44.6 Å². The summed E-state index contributed by atoms with van der Waals surface area (Å²) in [6.07, 6.45) is 0. The van der Waals surface area contributed by atoms with Gasteiger partial charge in [-0.1, -0.05) is 0 Å². The van der Waals surface area contributed by atoms with E-state index in [9.17, 15) is 17.2 Å². The van der Waals surface area contributed by atoms with Gasteiger partial charge in [-0.25, -0.2) is 17.2 Å². The quantitative estimate of drug-likeness (QED) is 0.797. The van der Waals surface area contributed by atoms with Crippen LogP contribution in [0.15, 0.2) is 32.9 Å². The lowest BCUT2D eigenvalue weighted by molar-refractivity contribution is 0.285. The van der Waals surface area contributed by atoms with E-state index in [4.69, 9.17) is 5.11 Å². The van der Waals surface area contributed by atoms with Gasteiger partial charge in [0.15, 0.2) is 0 Å². The number of hydrogen-bond acceptors (Lipinski definition) is 4. The molecule has 0 aliphatic heterocycles. The van der Waals surface area contributed by atoms with Crippen molar-refractivity contribution in [2.24, 2.45) is 0 Å². The summed E-state index contributed by atoms with van der Waals surface area (Å²) < 4.78 is 52.6. The van der Waals surface area contributed by atoms with Crippen LogP contribution >= 0.6 is 27.3 Å². The Kier molecular flexibility index (Phi) is 4.43. The molecule has 20 heavy (non-hydrogen) atoms. The molecule has 4 nitrogen and oxygen atoms in total. The highest BCUT2D eigenvalue weighted by atomic mass is 79.9. The van der Waals surface area contributed by atoms with Crippen molar-refractivity contribution in [1.29, 1.82) is 0 Å². The monoisotopic (exact) mass is 383 g/mol. The van der Waals surface area contributed by atoms with Crippen LogP contribution in [0.5, 0.6) is 0 Å². The maximum atomic E-state index is 13.5. The van der Waals surface area contributed by atoms with Crippen LogP contribution < -0.4 is 4.72 Å². The zero-order valence-corrected chi connectivity index (χ0v) is 12.9. The Morgan fingerprint density at radius 1 is 1.25 bits per heavy atom. The number of rotatable bonds is 4. The molecule has 2 rings (SSSR count). The third-order valence-electron chi connectivity index (χ3n) is 2.35. The second-order valence-electron chi connectivity index (χ2n) is 3.76. The largest absolute Gasteiger partial charge is 0.391 e. The zero-order chi connectivity index (χ0) is 14.9. The Morgan fingerprint density at radius 3 is 2.55 bits per heavy atom. The first-order chi connectivity index (χ1) is 9.33. The van der Waals surface area contributed by atoms with E-state index in [0.717, 1.165) is 17.4 Å². The Labute approximate surface area is 126 Å². The van der Waals surface area contributed by atoms with E-state index in [1.807, 2.05) is 4.72 Å². The standard InChI is InChI=1S/C11H8BrF2NO3S2/c12-8-2-11(10(14)3-9(8)13)15-20(17,18)7-1-6(4-16)19-5-7/h1-3,5,15-16H,4H2. The lowest BCUT2D eigenvalue weighted by Crippen LogP contribution is -2.13. The average Bonchev–Trinajstić information content (AvgIpc) is 2.85. The van der Waals surface area contributed by atoms with E-state index >= 15 is 0 Å². The Morgan fingerprint density at radius 2 is 1.95 bits per heavy atom. The summed E-state index contributed by atoms with van der Waals surface area (Å²) >= 11 is 3.92. The van der Waals surface area contributed by atoms with E-state index in [2.05, 4.69) is 15.9 Å². The lowest BCUT2D eigenvalue weighted by Gasteiger charge is -2.08. The van der Waals surface area contributed by atoms with Crippen LogP contribution in [0.25, 0.3) is 0 Å². The van der Waals surface area contributed by atoms with Gasteiger partial charge in [0.2, 0.25) is 0 Å². The minimum Gasteiger partial charge on any atom is -0.391 e. The number of anilines is 1. The predicted octanol–water partition coefficient (Wildman–Crippen LogP) is 3.08. The van der Waals surface area contributed by atoms with Crippen molar-refractivity contribution in [3.63, 3.8) is 0 Å². The van der Waals surface area contributed by atoms with Gasteiger partial charge in [0.05, 0.1) is 21.7 Å². The van der Waals surface area contributed by atoms with Gasteiger partial charge in [0.25, 0.3) is 10.0 Å². The summed E-state index contributed by atoms with van der Waals surface area (Å²) in [7, 11) is -3.99. The van der Waals surface area contributed by atoms with Crippen LogP contribution in [0.3, 0.4) is 0 Å². The van der Waals surface area contributed by atoms with Crippen molar-refractivity contribution < 1.29 is 22.3 Å². The normalized spacial score (nSPS) is 11.6. The van der Waals surface area contributed by atoms with Crippen molar-refractivity contribution in [1.82, 2.24) is 0 Å². The zero-order valence-electron chi connectivity index (χ0n) is 9.73. The predicted molar refractivity (Wildman–Crippen MR) is 75.1 cm³/mol. The molecule has 0 amide bonds. The van der Waals surface area contributed by atoms with E-state index in [0.29, 0.717) is 10.9 Å². The molecule has 0 aliphatic carbocycles. The highest BCUT2D eigenvalue weighted by Gasteiger charge is 2.19. The first kappa shape index (κ1) is 15.4. The molecule has 2 aromatic rings. The number of thiophene rings is 1. The Hall–Kier alpha value is -1.03. The van der Waals surface area contributed by atoms with Crippen LogP contribution in [0.2, 0.25) is 0 Å². The molecular formula is C11H8BrF2NO3S2. The molecule has 0 unspecified atom stereocenters. The van der Waals surface area contributed by atoms with Crippen molar-refractivity contribution in [2.45, 2.75) is 11.5 Å². The fraction of sp³-hybridized carbons (Fsp3) is 0.0909. The number of sulfonamides is 1. The maximum Gasteiger partial charge on any atom is 0.262 e. The summed E-state index contributed by atoms with van der Waals surface area (Å²) in [6, 6.07) is 2.86. The van der Waals surface area contributed by atoms with E-state index in [1.54, 1.807) is 0 Å². The van der Waals surface area contributed by atoms with Crippen LogP contribution in [-0.4, -0.2) is 13.5 Å². The number of benzene rings is 1. The molecule has 0 fully saturated rings. The fourth-order valence-electron chi connectivity index (χ4n) is 1.39. The number of aliphatic hydroxyl groups is 1. The van der Waals surface area contributed by atoms with Gasteiger partial charge in [0.1, 0.15) is 11.6 Å². The van der Waals surface area contributed by atoms with Gasteiger partial charge in [-0.3, -0.25) is 4.72 Å². The second-order valence-corrected chi connectivity index (χ2v) is 7.29. The summed E-state index contributed by atoms with van der Waals surface area (Å²) in [6.45, 7) is -0.281. The van der Waals surface area contributed by atoms with Gasteiger partial charge in [-0.15, -0.1) is 11.3 Å². The molecule has 1 aromatic heterocycles. The topological polar surface area (TPSA) is 66.4 Å². The van der Waals surface area contributed by atoms with Crippen LogP contribution in [0.4, 0.5) is 14.5 Å². The van der Waals surface area contributed by atoms with Gasteiger partial charge < -0.3 is 5.11 Å². The lowest BCUT2D eigenvalue weighted by atomic mass is 10.3. The van der Waals surface area contributed by atoms with E-state index in [1.165, 1.54) is 11.4 Å². The third kappa shape index (κ3) is 3.17. The van der Waals surface area contributed by atoms with Crippen LogP contribution in [-0.2, 0) is 16.6 Å². The molecule has 0 radical (unpaired) electrons. The number of halogens is 3. The highest BCUT2D eigenvalue weighted by molar-refractivity contribution is 9.10. The van der Waals surface area contributed by atoms with E-state index < -0.39 is 21.7 Å². The molecule has 0 saturated carbocycles. The molecule has 2 N–H and O–H groups in total. The molecule has 0 aliphatic rings. The summed E-state index contributed by atoms with van der Waals surface area (Å²) in [5, 5.41) is 10.2. The average molecular weight is 384 g/mol.